The molecule has 0 spiro atoms. The lowest BCUT2D eigenvalue weighted by atomic mass is 10.1. The molecule has 0 saturated heterocycles. The molecule has 4 nitrogen and oxygen atoms in total. The highest BCUT2D eigenvalue weighted by Crippen LogP contribution is 2.35. The topological polar surface area (TPSA) is 83.6 Å². The van der Waals surface area contributed by atoms with E-state index in [0.29, 0.717) is 11.3 Å². The van der Waals surface area contributed by atoms with Crippen molar-refractivity contribution in [3.63, 3.8) is 0 Å². The van der Waals surface area contributed by atoms with Gasteiger partial charge in [-0.05, 0) is 23.3 Å². The van der Waals surface area contributed by atoms with Crippen LogP contribution in [0.15, 0.2) is 48.5 Å². The summed E-state index contributed by atoms with van der Waals surface area (Å²) in [6.07, 6.45) is 3.39. The van der Waals surface area contributed by atoms with E-state index < -0.39 is 7.60 Å². The molecule has 0 atom stereocenters. The van der Waals surface area contributed by atoms with Gasteiger partial charge in [0.25, 0.3) is 0 Å². The van der Waals surface area contributed by atoms with Crippen molar-refractivity contribution in [1.82, 2.24) is 0 Å². The molecule has 98 valence electrons. The van der Waals surface area contributed by atoms with Crippen LogP contribution < -0.4 is 11.0 Å². The molecule has 0 aliphatic carbocycles. The monoisotopic (exact) mass is 275 g/mol. The van der Waals surface area contributed by atoms with Gasteiger partial charge in [-0.3, -0.25) is 4.57 Å². The summed E-state index contributed by atoms with van der Waals surface area (Å²) in [6.45, 7) is 0. The number of para-hydroxylation sites is 1. The maximum absolute atomic E-state index is 11.4. The Morgan fingerprint density at radius 3 is 2.05 bits per heavy atom. The fourth-order valence-electron chi connectivity index (χ4n) is 1.74. The highest BCUT2D eigenvalue weighted by molar-refractivity contribution is 7.60. The highest BCUT2D eigenvalue weighted by Gasteiger charge is 2.19. The molecular formula is C14H14NO3P. The Hall–Kier alpha value is -1.87. The second-order valence-corrected chi connectivity index (χ2v) is 5.63. The lowest BCUT2D eigenvalue weighted by Crippen LogP contribution is -2.07. The summed E-state index contributed by atoms with van der Waals surface area (Å²) in [4.78, 5) is 18.5. The first kappa shape index (κ1) is 13.6. The predicted molar refractivity (Wildman–Crippen MR) is 77.9 cm³/mol. The quantitative estimate of drug-likeness (QED) is 0.455. The zero-order valence-electron chi connectivity index (χ0n) is 10.1. The molecule has 19 heavy (non-hydrogen) atoms. The number of hydrogen-bond donors (Lipinski definition) is 3. The van der Waals surface area contributed by atoms with Gasteiger partial charge in [0.05, 0.1) is 5.30 Å². The van der Waals surface area contributed by atoms with E-state index >= 15 is 0 Å². The smallest absolute Gasteiger partial charge is 0.356 e. The van der Waals surface area contributed by atoms with Gasteiger partial charge < -0.3 is 15.5 Å². The molecule has 2 aromatic rings. The molecule has 0 radical (unpaired) electrons. The van der Waals surface area contributed by atoms with Crippen LogP contribution in [0.2, 0.25) is 0 Å². The second kappa shape index (κ2) is 5.41. The van der Waals surface area contributed by atoms with Crippen LogP contribution in [0.25, 0.3) is 12.2 Å². The van der Waals surface area contributed by atoms with Gasteiger partial charge in [0.1, 0.15) is 0 Å². The first-order valence-electron chi connectivity index (χ1n) is 5.66. The first-order chi connectivity index (χ1) is 8.98. The SMILES string of the molecule is Nc1ccccc1/C=C/c1ccccc1P(=O)(O)O. The summed E-state index contributed by atoms with van der Waals surface area (Å²) in [6, 6.07) is 13.7. The molecule has 0 heterocycles. The zero-order valence-corrected chi connectivity index (χ0v) is 11.0. The maximum Gasteiger partial charge on any atom is 0.356 e. The summed E-state index contributed by atoms with van der Waals surface area (Å²) in [7, 11) is -4.27. The molecule has 5 heteroatoms. The Morgan fingerprint density at radius 1 is 0.895 bits per heavy atom. The molecule has 0 saturated carbocycles. The normalized spacial score (nSPS) is 11.9. The van der Waals surface area contributed by atoms with E-state index in [4.69, 9.17) is 5.73 Å². The van der Waals surface area contributed by atoms with E-state index in [1.807, 2.05) is 18.2 Å². The molecular weight excluding hydrogens is 261 g/mol. The fourth-order valence-corrected chi connectivity index (χ4v) is 2.50. The van der Waals surface area contributed by atoms with Gasteiger partial charge in [-0.15, -0.1) is 0 Å². The average molecular weight is 275 g/mol. The largest absolute Gasteiger partial charge is 0.398 e. The third kappa shape index (κ3) is 3.32. The van der Waals surface area contributed by atoms with Gasteiger partial charge in [-0.25, -0.2) is 0 Å². The Labute approximate surface area is 111 Å². The number of anilines is 1. The van der Waals surface area contributed by atoms with Crippen molar-refractivity contribution in [3.8, 4) is 0 Å². The molecule has 4 N–H and O–H groups in total. The van der Waals surface area contributed by atoms with Crippen molar-refractivity contribution in [2.45, 2.75) is 0 Å². The molecule has 0 aromatic heterocycles. The maximum atomic E-state index is 11.4. The van der Waals surface area contributed by atoms with Crippen molar-refractivity contribution in [3.05, 3.63) is 59.7 Å². The van der Waals surface area contributed by atoms with Crippen LogP contribution in [-0.2, 0) is 4.57 Å². The van der Waals surface area contributed by atoms with Crippen molar-refractivity contribution in [2.24, 2.45) is 0 Å². The van der Waals surface area contributed by atoms with Crippen molar-refractivity contribution in [2.75, 3.05) is 5.73 Å². The van der Waals surface area contributed by atoms with Crippen LogP contribution >= 0.6 is 7.60 Å². The number of benzene rings is 2. The van der Waals surface area contributed by atoms with Gasteiger partial charge >= 0.3 is 7.60 Å². The van der Waals surface area contributed by atoms with E-state index in [2.05, 4.69) is 0 Å². The number of hydrogen-bond acceptors (Lipinski definition) is 2. The Balaban J connectivity index is 2.40. The molecule has 2 rings (SSSR count). The summed E-state index contributed by atoms with van der Waals surface area (Å²) in [5.41, 5.74) is 7.72. The lowest BCUT2D eigenvalue weighted by Gasteiger charge is -2.07. The van der Waals surface area contributed by atoms with E-state index in [0.717, 1.165) is 5.56 Å². The minimum atomic E-state index is -4.27. The standard InChI is InChI=1S/C14H14NO3P/c15-13-7-3-1-5-11(13)9-10-12-6-2-4-8-14(12)19(16,17)18/h1-10H,15H2,(H2,16,17,18)/b10-9+. The van der Waals surface area contributed by atoms with E-state index in [1.54, 1.807) is 36.4 Å². The third-order valence-electron chi connectivity index (χ3n) is 2.69. The Morgan fingerprint density at radius 2 is 1.42 bits per heavy atom. The van der Waals surface area contributed by atoms with Crippen LogP contribution in [0.5, 0.6) is 0 Å². The summed E-state index contributed by atoms with van der Waals surface area (Å²) in [5, 5.41) is 0.0146. The van der Waals surface area contributed by atoms with Crippen LogP contribution in [0.3, 0.4) is 0 Å². The second-order valence-electron chi connectivity index (χ2n) is 4.07. The molecule has 0 amide bonds. The van der Waals surface area contributed by atoms with E-state index in [9.17, 15) is 14.4 Å². The minimum absolute atomic E-state index is 0.0146. The van der Waals surface area contributed by atoms with Crippen LogP contribution in [0.1, 0.15) is 11.1 Å². The molecule has 2 aromatic carbocycles. The van der Waals surface area contributed by atoms with Crippen LogP contribution in [0, 0.1) is 0 Å². The fraction of sp³-hybridized carbons (Fsp3) is 0. The summed E-state index contributed by atoms with van der Waals surface area (Å²) in [5.74, 6) is 0. The Kier molecular flexibility index (Phi) is 3.86. The zero-order chi connectivity index (χ0) is 13.9. The predicted octanol–water partition coefficient (Wildman–Crippen LogP) is 2.24. The van der Waals surface area contributed by atoms with Gasteiger partial charge in [-0.1, -0.05) is 48.6 Å². The lowest BCUT2D eigenvalue weighted by molar-refractivity contribution is 0.387. The van der Waals surface area contributed by atoms with Gasteiger partial charge in [0.2, 0.25) is 0 Å². The van der Waals surface area contributed by atoms with E-state index in [1.165, 1.54) is 6.07 Å². The van der Waals surface area contributed by atoms with Crippen molar-refractivity contribution in [1.29, 1.82) is 0 Å². The van der Waals surface area contributed by atoms with Gasteiger partial charge in [0.15, 0.2) is 0 Å². The van der Waals surface area contributed by atoms with Crippen molar-refractivity contribution < 1.29 is 14.4 Å². The summed E-state index contributed by atoms with van der Waals surface area (Å²) < 4.78 is 11.4. The van der Waals surface area contributed by atoms with Crippen molar-refractivity contribution >= 4 is 30.7 Å². The highest BCUT2D eigenvalue weighted by atomic mass is 31.2. The molecule has 0 bridgehead atoms. The average Bonchev–Trinajstić information content (AvgIpc) is 2.37. The minimum Gasteiger partial charge on any atom is -0.398 e. The number of nitrogens with two attached hydrogens (primary N) is 1. The molecule has 0 aliphatic heterocycles. The van der Waals surface area contributed by atoms with Gasteiger partial charge in [-0.2, -0.15) is 0 Å². The van der Waals surface area contributed by atoms with E-state index in [-0.39, 0.29) is 5.30 Å². The number of rotatable bonds is 3. The summed E-state index contributed by atoms with van der Waals surface area (Å²) >= 11 is 0. The van der Waals surface area contributed by atoms with Crippen LogP contribution in [0.4, 0.5) is 5.69 Å². The Bertz CT molecular complexity index is 661. The molecule has 0 aliphatic rings. The number of nitrogen functional groups attached to an aromatic ring is 1. The first-order valence-corrected chi connectivity index (χ1v) is 7.27. The third-order valence-corrected chi connectivity index (χ3v) is 3.72. The molecule has 0 unspecified atom stereocenters. The van der Waals surface area contributed by atoms with Crippen LogP contribution in [-0.4, -0.2) is 9.79 Å². The van der Waals surface area contributed by atoms with Gasteiger partial charge in [0, 0.05) is 5.69 Å². The molecule has 0 fully saturated rings.